The maximum Gasteiger partial charge on any atom is 0.220 e. The van der Waals surface area contributed by atoms with E-state index in [1.807, 2.05) is 0 Å². The van der Waals surface area contributed by atoms with Crippen LogP contribution in [0.15, 0.2) is 0 Å². The average molecular weight is 340 g/mol. The Labute approximate surface area is 141 Å². The van der Waals surface area contributed by atoms with E-state index in [0.29, 0.717) is 12.3 Å². The van der Waals surface area contributed by atoms with E-state index in [2.05, 4.69) is 10.2 Å². The molecule has 3 N–H and O–H groups in total. The number of hydrogen-bond donors (Lipinski definition) is 2. The fourth-order valence-electron chi connectivity index (χ4n) is 2.93. The van der Waals surface area contributed by atoms with Crippen molar-refractivity contribution in [1.29, 1.82) is 0 Å². The van der Waals surface area contributed by atoms with Crippen molar-refractivity contribution in [2.24, 2.45) is 11.7 Å². The van der Waals surface area contributed by atoms with Crippen LogP contribution in [0.4, 0.5) is 0 Å². The summed E-state index contributed by atoms with van der Waals surface area (Å²) in [5.74, 6) is 0.916. The number of unbranched alkanes of at least 4 members (excludes halogenated alkanes) is 3. The van der Waals surface area contributed by atoms with Gasteiger partial charge in [-0.15, -0.1) is 24.8 Å². The topological polar surface area (TPSA) is 58.4 Å². The third kappa shape index (κ3) is 8.24. The first-order valence-corrected chi connectivity index (χ1v) is 8.00. The second-order valence-corrected chi connectivity index (χ2v) is 6.14. The standard InChI is InChI=1S/C15H29N3O.2ClH/c16-9-4-2-1-3-5-15(19)17-11-13-8-10-18(12-13)14-6-7-14;;/h13-14H,1-12,16H2,(H,17,19);2*1H. The molecule has 0 bridgehead atoms. The molecule has 1 atom stereocenters. The smallest absolute Gasteiger partial charge is 0.220 e. The zero-order valence-corrected chi connectivity index (χ0v) is 14.5. The van der Waals surface area contributed by atoms with Crippen LogP contribution < -0.4 is 11.1 Å². The van der Waals surface area contributed by atoms with Crippen LogP contribution in [0.2, 0.25) is 0 Å². The second-order valence-electron chi connectivity index (χ2n) is 6.14. The molecule has 1 aliphatic heterocycles. The number of nitrogens with one attached hydrogen (secondary N) is 1. The number of hydrogen-bond acceptors (Lipinski definition) is 3. The molecule has 1 amide bonds. The number of carbonyl (C=O) groups excluding carboxylic acids is 1. The van der Waals surface area contributed by atoms with Gasteiger partial charge in [0.25, 0.3) is 0 Å². The van der Waals surface area contributed by atoms with E-state index in [9.17, 15) is 4.79 Å². The lowest BCUT2D eigenvalue weighted by Gasteiger charge is -2.15. The van der Waals surface area contributed by atoms with Crippen LogP contribution in [0, 0.1) is 5.92 Å². The summed E-state index contributed by atoms with van der Waals surface area (Å²) in [6.07, 6.45) is 9.10. The summed E-state index contributed by atoms with van der Waals surface area (Å²) >= 11 is 0. The SMILES string of the molecule is Cl.Cl.NCCCCCCC(=O)NCC1CCN(C2CC2)C1. The summed E-state index contributed by atoms with van der Waals surface area (Å²) in [6.45, 7) is 4.09. The molecule has 1 unspecified atom stereocenters. The fraction of sp³-hybridized carbons (Fsp3) is 0.933. The molecule has 6 heteroatoms. The molecule has 2 fully saturated rings. The Kier molecular flexibility index (Phi) is 11.5. The lowest BCUT2D eigenvalue weighted by molar-refractivity contribution is -0.121. The lowest BCUT2D eigenvalue weighted by Crippen LogP contribution is -2.31. The number of nitrogens with two attached hydrogens (primary N) is 1. The summed E-state index contributed by atoms with van der Waals surface area (Å²) < 4.78 is 0. The van der Waals surface area contributed by atoms with E-state index in [4.69, 9.17) is 5.73 Å². The third-order valence-electron chi connectivity index (χ3n) is 4.33. The number of amides is 1. The summed E-state index contributed by atoms with van der Waals surface area (Å²) in [7, 11) is 0. The van der Waals surface area contributed by atoms with Gasteiger partial charge in [-0.05, 0) is 51.1 Å². The van der Waals surface area contributed by atoms with Gasteiger partial charge in [0.2, 0.25) is 5.91 Å². The van der Waals surface area contributed by atoms with E-state index < -0.39 is 0 Å². The molecule has 1 heterocycles. The van der Waals surface area contributed by atoms with Crippen molar-refractivity contribution in [2.45, 2.75) is 57.4 Å². The summed E-state index contributed by atoms with van der Waals surface area (Å²) in [6, 6.07) is 0.878. The number of nitrogens with zero attached hydrogens (tertiary/aromatic N) is 1. The van der Waals surface area contributed by atoms with E-state index >= 15 is 0 Å². The van der Waals surface area contributed by atoms with Gasteiger partial charge in [0.05, 0.1) is 0 Å². The van der Waals surface area contributed by atoms with Gasteiger partial charge in [-0.2, -0.15) is 0 Å². The number of halogens is 2. The maximum absolute atomic E-state index is 11.7. The first-order valence-electron chi connectivity index (χ1n) is 8.00. The molecule has 1 aliphatic carbocycles. The van der Waals surface area contributed by atoms with Crippen LogP contribution >= 0.6 is 24.8 Å². The van der Waals surface area contributed by atoms with E-state index in [1.165, 1.54) is 32.4 Å². The van der Waals surface area contributed by atoms with Gasteiger partial charge in [-0.3, -0.25) is 4.79 Å². The molecule has 0 aromatic heterocycles. The third-order valence-corrected chi connectivity index (χ3v) is 4.33. The monoisotopic (exact) mass is 339 g/mol. The molecule has 0 spiro atoms. The van der Waals surface area contributed by atoms with Gasteiger partial charge in [0.15, 0.2) is 0 Å². The highest BCUT2D eigenvalue weighted by Crippen LogP contribution is 2.31. The van der Waals surface area contributed by atoms with Gasteiger partial charge in [-0.1, -0.05) is 12.8 Å². The number of carbonyl (C=O) groups is 1. The van der Waals surface area contributed by atoms with Crippen LogP contribution in [0.5, 0.6) is 0 Å². The minimum absolute atomic E-state index is 0. The largest absolute Gasteiger partial charge is 0.356 e. The lowest BCUT2D eigenvalue weighted by atomic mass is 10.1. The maximum atomic E-state index is 11.7. The van der Waals surface area contributed by atoms with E-state index in [1.54, 1.807) is 0 Å². The van der Waals surface area contributed by atoms with Crippen molar-refractivity contribution in [1.82, 2.24) is 10.2 Å². The van der Waals surface area contributed by atoms with Crippen LogP contribution in [-0.2, 0) is 4.79 Å². The molecule has 21 heavy (non-hydrogen) atoms. The zero-order valence-electron chi connectivity index (χ0n) is 12.9. The molecule has 2 rings (SSSR count). The highest BCUT2D eigenvalue weighted by atomic mass is 35.5. The molecule has 126 valence electrons. The minimum Gasteiger partial charge on any atom is -0.356 e. The highest BCUT2D eigenvalue weighted by Gasteiger charge is 2.34. The van der Waals surface area contributed by atoms with Gasteiger partial charge in [0, 0.05) is 25.6 Å². The highest BCUT2D eigenvalue weighted by molar-refractivity contribution is 5.85. The van der Waals surface area contributed by atoms with E-state index in [-0.39, 0.29) is 30.7 Å². The zero-order chi connectivity index (χ0) is 13.5. The Morgan fingerprint density at radius 3 is 2.48 bits per heavy atom. The predicted octanol–water partition coefficient (Wildman–Crippen LogP) is 2.34. The van der Waals surface area contributed by atoms with Crippen LogP contribution in [-0.4, -0.2) is 43.0 Å². The summed E-state index contributed by atoms with van der Waals surface area (Å²) in [5, 5.41) is 3.11. The van der Waals surface area contributed by atoms with Crippen molar-refractivity contribution in [2.75, 3.05) is 26.2 Å². The number of rotatable bonds is 9. The van der Waals surface area contributed by atoms with Gasteiger partial charge >= 0.3 is 0 Å². The average Bonchev–Trinajstić information content (AvgIpc) is 3.15. The van der Waals surface area contributed by atoms with Crippen molar-refractivity contribution >= 4 is 30.7 Å². The molecule has 4 nitrogen and oxygen atoms in total. The minimum atomic E-state index is 0. The Morgan fingerprint density at radius 2 is 1.81 bits per heavy atom. The molecular formula is C15H31Cl2N3O. The van der Waals surface area contributed by atoms with Gasteiger partial charge < -0.3 is 16.0 Å². The molecule has 1 saturated carbocycles. The van der Waals surface area contributed by atoms with Crippen molar-refractivity contribution < 1.29 is 4.79 Å². The number of likely N-dealkylation sites (tertiary alicyclic amines) is 1. The molecule has 0 aromatic carbocycles. The first kappa shape index (κ1) is 21.0. The van der Waals surface area contributed by atoms with Crippen molar-refractivity contribution in [3.8, 4) is 0 Å². The van der Waals surface area contributed by atoms with E-state index in [0.717, 1.165) is 44.8 Å². The predicted molar refractivity (Wildman–Crippen MR) is 92.3 cm³/mol. The summed E-state index contributed by atoms with van der Waals surface area (Å²) in [5.41, 5.74) is 5.44. The van der Waals surface area contributed by atoms with Gasteiger partial charge in [0.1, 0.15) is 0 Å². The van der Waals surface area contributed by atoms with Crippen LogP contribution in [0.1, 0.15) is 51.4 Å². The molecule has 2 aliphatic rings. The molecule has 0 aromatic rings. The summed E-state index contributed by atoms with van der Waals surface area (Å²) in [4.78, 5) is 14.3. The Morgan fingerprint density at radius 1 is 1.10 bits per heavy atom. The Hall–Kier alpha value is -0.0300. The molecule has 0 radical (unpaired) electrons. The van der Waals surface area contributed by atoms with Crippen molar-refractivity contribution in [3.63, 3.8) is 0 Å². The Bertz CT molecular complexity index is 288. The fourth-order valence-corrected chi connectivity index (χ4v) is 2.93. The van der Waals surface area contributed by atoms with Crippen molar-refractivity contribution in [3.05, 3.63) is 0 Å². The quantitative estimate of drug-likeness (QED) is 0.634. The molecule has 1 saturated heterocycles. The van der Waals surface area contributed by atoms with Crippen LogP contribution in [0.25, 0.3) is 0 Å². The van der Waals surface area contributed by atoms with Crippen LogP contribution in [0.3, 0.4) is 0 Å². The first-order chi connectivity index (χ1) is 9.29. The molecular weight excluding hydrogens is 309 g/mol. The second kappa shape index (κ2) is 11.5. The normalized spacial score (nSPS) is 21.5. The van der Waals surface area contributed by atoms with Gasteiger partial charge in [-0.25, -0.2) is 0 Å². The Balaban J connectivity index is 0.00000200.